The summed E-state index contributed by atoms with van der Waals surface area (Å²) in [4.78, 5) is 22.0. The molecule has 0 aliphatic heterocycles. The van der Waals surface area contributed by atoms with Crippen molar-refractivity contribution < 1.29 is 13.2 Å². The van der Waals surface area contributed by atoms with Crippen molar-refractivity contribution >= 4 is 37.6 Å². The summed E-state index contributed by atoms with van der Waals surface area (Å²) in [7, 11) is -4.05. The Morgan fingerprint density at radius 1 is 1.03 bits per heavy atom. The zero-order chi connectivity index (χ0) is 25.1. The van der Waals surface area contributed by atoms with Gasteiger partial charge in [-0.1, -0.05) is 48.5 Å². The molecule has 0 fully saturated rings. The van der Waals surface area contributed by atoms with Gasteiger partial charge in [0.2, 0.25) is 0 Å². The van der Waals surface area contributed by atoms with Crippen molar-refractivity contribution in [3.63, 3.8) is 0 Å². The largest absolute Gasteiger partial charge is 0.329 e. The Balaban J connectivity index is 1.46. The summed E-state index contributed by atoms with van der Waals surface area (Å²) < 4.78 is 30.9. The molecule has 0 bridgehead atoms. The Morgan fingerprint density at radius 3 is 2.61 bits per heavy atom. The lowest BCUT2D eigenvalue weighted by molar-refractivity contribution is 0.241. The zero-order valence-electron chi connectivity index (χ0n) is 19.3. The number of fused-ring (bicyclic) bond motifs is 1. The lowest BCUT2D eigenvalue weighted by atomic mass is 10.1. The quantitative estimate of drug-likeness (QED) is 0.324. The topological polar surface area (TPSA) is 106 Å². The molecule has 2 aromatic heterocycles. The fourth-order valence-corrected chi connectivity index (χ4v) is 5.89. The number of imidazole rings is 1. The molecular weight excluding hydrogens is 494 g/mol. The van der Waals surface area contributed by atoms with Crippen LogP contribution in [-0.4, -0.2) is 29.0 Å². The standard InChI is InChI=1S/C26H23N5O3S2/c1-18-7-5-6-10-24(18)36(33,34)30-26(32)29-22(15-19-8-3-2-4-9-19)25-27-13-14-31(25)20-11-12-23-21(16-20)28-17-35-23/h2-14,16-17,22H,15H2,1H3,(H2,29,30,32)/t22-/m0/s1. The van der Waals surface area contributed by atoms with E-state index in [1.165, 1.54) is 6.07 Å². The molecule has 3 aromatic carbocycles. The molecule has 0 radical (unpaired) electrons. The number of nitrogens with one attached hydrogen (secondary N) is 2. The minimum Gasteiger partial charge on any atom is -0.327 e. The maximum atomic E-state index is 13.0. The van der Waals surface area contributed by atoms with E-state index in [0.29, 0.717) is 17.8 Å². The average molecular weight is 518 g/mol. The Labute approximate surface area is 212 Å². The van der Waals surface area contributed by atoms with Gasteiger partial charge in [-0.05, 0) is 48.7 Å². The lowest BCUT2D eigenvalue weighted by Gasteiger charge is -2.21. The summed E-state index contributed by atoms with van der Waals surface area (Å²) in [6, 6.07) is 20.6. The van der Waals surface area contributed by atoms with E-state index in [2.05, 4.69) is 20.0 Å². The van der Waals surface area contributed by atoms with Crippen molar-refractivity contribution in [2.24, 2.45) is 0 Å². The molecule has 0 unspecified atom stereocenters. The van der Waals surface area contributed by atoms with Gasteiger partial charge < -0.3 is 9.88 Å². The van der Waals surface area contributed by atoms with Crippen LogP contribution in [0.15, 0.2) is 95.6 Å². The Bertz CT molecular complexity index is 1630. The van der Waals surface area contributed by atoms with Gasteiger partial charge in [-0.3, -0.25) is 0 Å². The number of sulfonamides is 1. The van der Waals surface area contributed by atoms with Gasteiger partial charge in [-0.25, -0.2) is 27.9 Å². The van der Waals surface area contributed by atoms with Crippen LogP contribution in [0.1, 0.15) is 23.0 Å². The summed E-state index contributed by atoms with van der Waals surface area (Å²) in [5.74, 6) is 0.567. The van der Waals surface area contributed by atoms with Crippen LogP contribution in [0.5, 0.6) is 0 Å². The summed E-state index contributed by atoms with van der Waals surface area (Å²) in [6.45, 7) is 1.68. The third kappa shape index (κ3) is 5.00. The molecule has 182 valence electrons. The number of nitrogens with zero attached hydrogens (tertiary/aromatic N) is 3. The number of carbonyl (C=O) groups excluding carboxylic acids is 1. The van der Waals surface area contributed by atoms with E-state index < -0.39 is 22.1 Å². The van der Waals surface area contributed by atoms with Crippen LogP contribution in [0.2, 0.25) is 0 Å². The van der Waals surface area contributed by atoms with Gasteiger partial charge in [-0.15, -0.1) is 11.3 Å². The van der Waals surface area contributed by atoms with E-state index >= 15 is 0 Å². The average Bonchev–Trinajstić information content (AvgIpc) is 3.53. The van der Waals surface area contributed by atoms with Crippen molar-refractivity contribution in [1.82, 2.24) is 24.6 Å². The molecule has 10 heteroatoms. The summed E-state index contributed by atoms with van der Waals surface area (Å²) in [5, 5.41) is 2.83. The molecule has 1 atom stereocenters. The summed E-state index contributed by atoms with van der Waals surface area (Å²) in [5.41, 5.74) is 5.02. The first-order valence-electron chi connectivity index (χ1n) is 11.2. The van der Waals surface area contributed by atoms with Crippen molar-refractivity contribution in [2.75, 3.05) is 0 Å². The molecule has 2 amide bonds. The van der Waals surface area contributed by atoms with Gasteiger partial charge in [0.25, 0.3) is 10.0 Å². The number of amides is 2. The smallest absolute Gasteiger partial charge is 0.327 e. The fourth-order valence-electron chi connectivity index (χ4n) is 4.07. The van der Waals surface area contributed by atoms with Crippen LogP contribution in [0, 0.1) is 6.92 Å². The van der Waals surface area contributed by atoms with Crippen LogP contribution in [0.3, 0.4) is 0 Å². The number of hydrogen-bond acceptors (Lipinski definition) is 6. The minimum atomic E-state index is -4.05. The Kier molecular flexibility index (Phi) is 6.53. The van der Waals surface area contributed by atoms with E-state index in [1.807, 2.05) is 59.3 Å². The highest BCUT2D eigenvalue weighted by atomic mass is 32.2. The van der Waals surface area contributed by atoms with Crippen molar-refractivity contribution in [3.8, 4) is 5.69 Å². The molecule has 0 aliphatic carbocycles. The molecule has 0 saturated carbocycles. The Morgan fingerprint density at radius 2 is 1.81 bits per heavy atom. The molecule has 2 N–H and O–H groups in total. The van der Waals surface area contributed by atoms with E-state index in [0.717, 1.165) is 21.5 Å². The number of benzene rings is 3. The first kappa shape index (κ1) is 23.7. The highest BCUT2D eigenvalue weighted by Crippen LogP contribution is 2.25. The van der Waals surface area contributed by atoms with E-state index in [4.69, 9.17) is 0 Å². The Hall–Kier alpha value is -4.02. The number of hydrogen-bond donors (Lipinski definition) is 2. The molecule has 0 aliphatic rings. The first-order valence-corrected chi connectivity index (χ1v) is 13.6. The van der Waals surface area contributed by atoms with Crippen molar-refractivity contribution in [3.05, 3.63) is 108 Å². The molecule has 5 rings (SSSR count). The zero-order valence-corrected chi connectivity index (χ0v) is 21.0. The van der Waals surface area contributed by atoms with Crippen molar-refractivity contribution in [1.29, 1.82) is 0 Å². The minimum absolute atomic E-state index is 0.0535. The van der Waals surface area contributed by atoms with Crippen LogP contribution in [0.25, 0.3) is 15.9 Å². The summed E-state index contributed by atoms with van der Waals surface area (Å²) in [6.07, 6.45) is 3.88. The normalized spacial score (nSPS) is 12.4. The van der Waals surface area contributed by atoms with Crippen LogP contribution in [-0.2, 0) is 16.4 Å². The van der Waals surface area contributed by atoms with Crippen LogP contribution in [0.4, 0.5) is 4.79 Å². The molecule has 36 heavy (non-hydrogen) atoms. The summed E-state index contributed by atoms with van der Waals surface area (Å²) >= 11 is 1.56. The predicted octanol–water partition coefficient (Wildman–Crippen LogP) is 4.76. The molecule has 0 saturated heterocycles. The van der Waals surface area contributed by atoms with E-state index in [9.17, 15) is 13.2 Å². The second kappa shape index (κ2) is 9.92. The second-order valence-electron chi connectivity index (χ2n) is 8.25. The van der Waals surface area contributed by atoms with Gasteiger partial charge in [0, 0.05) is 18.1 Å². The van der Waals surface area contributed by atoms with Crippen LogP contribution < -0.4 is 10.0 Å². The fraction of sp³-hybridized carbons (Fsp3) is 0.115. The highest BCUT2D eigenvalue weighted by Gasteiger charge is 2.25. The molecule has 0 spiro atoms. The number of rotatable bonds is 7. The number of aromatic nitrogens is 3. The predicted molar refractivity (Wildman–Crippen MR) is 140 cm³/mol. The molecule has 2 heterocycles. The molecular formula is C26H23N5O3S2. The highest BCUT2D eigenvalue weighted by molar-refractivity contribution is 7.90. The van der Waals surface area contributed by atoms with E-state index in [-0.39, 0.29) is 4.90 Å². The van der Waals surface area contributed by atoms with Gasteiger partial charge in [-0.2, -0.15) is 0 Å². The third-order valence-electron chi connectivity index (χ3n) is 5.77. The van der Waals surface area contributed by atoms with Crippen molar-refractivity contribution in [2.45, 2.75) is 24.3 Å². The van der Waals surface area contributed by atoms with E-state index in [1.54, 1.807) is 48.2 Å². The van der Waals surface area contributed by atoms with Crippen LogP contribution >= 0.6 is 11.3 Å². The van der Waals surface area contributed by atoms with Gasteiger partial charge >= 0.3 is 6.03 Å². The van der Waals surface area contributed by atoms with Gasteiger partial charge in [0.15, 0.2) is 0 Å². The molecule has 5 aromatic rings. The number of carbonyl (C=O) groups is 1. The maximum absolute atomic E-state index is 13.0. The SMILES string of the molecule is Cc1ccccc1S(=O)(=O)NC(=O)N[C@@H](Cc1ccccc1)c1nccn1-c1ccc2scnc2c1. The second-order valence-corrected chi connectivity index (χ2v) is 10.8. The third-order valence-corrected chi connectivity index (χ3v) is 8.07. The molecule has 8 nitrogen and oxygen atoms in total. The maximum Gasteiger partial charge on any atom is 0.329 e. The monoisotopic (exact) mass is 517 g/mol. The van der Waals surface area contributed by atoms with Gasteiger partial charge in [0.05, 0.1) is 26.7 Å². The number of thiazole rings is 1. The first-order chi connectivity index (χ1) is 17.4. The lowest BCUT2D eigenvalue weighted by Crippen LogP contribution is -2.42. The number of aryl methyl sites for hydroxylation is 1. The number of urea groups is 1. The van der Waals surface area contributed by atoms with Gasteiger partial charge in [0.1, 0.15) is 5.82 Å².